The molecule has 2 aromatic rings. The largest absolute Gasteiger partial charge is 0.372 e. The fraction of sp³-hybridized carbons (Fsp3) is 0.450. The lowest BCUT2D eigenvalue weighted by atomic mass is 10.1. The predicted molar refractivity (Wildman–Crippen MR) is 105 cm³/mol. The van der Waals surface area contributed by atoms with Crippen molar-refractivity contribution in [1.82, 2.24) is 15.3 Å². The van der Waals surface area contributed by atoms with Crippen molar-refractivity contribution in [3.63, 3.8) is 0 Å². The van der Waals surface area contributed by atoms with Gasteiger partial charge in [0.15, 0.2) is 0 Å². The van der Waals surface area contributed by atoms with Gasteiger partial charge in [-0.2, -0.15) is 0 Å². The van der Waals surface area contributed by atoms with Crippen LogP contribution in [0.15, 0.2) is 36.7 Å². The zero-order valence-electron chi connectivity index (χ0n) is 15.5. The van der Waals surface area contributed by atoms with Crippen LogP contribution in [0.25, 0.3) is 0 Å². The third-order valence-electron chi connectivity index (χ3n) is 4.52. The summed E-state index contributed by atoms with van der Waals surface area (Å²) in [7, 11) is 0. The summed E-state index contributed by atoms with van der Waals surface area (Å²) in [6, 6.07) is 10.00. The normalized spacial score (nSPS) is 13.9. The monoisotopic (exact) mass is 353 g/mol. The van der Waals surface area contributed by atoms with Gasteiger partial charge in [0.25, 0.3) is 5.91 Å². The van der Waals surface area contributed by atoms with E-state index in [4.69, 9.17) is 0 Å². The second-order valence-corrected chi connectivity index (χ2v) is 7.09. The molecule has 1 aliphatic heterocycles. The molecule has 0 radical (unpaired) electrons. The van der Waals surface area contributed by atoms with Gasteiger partial charge in [-0.3, -0.25) is 4.79 Å². The highest BCUT2D eigenvalue weighted by molar-refractivity contribution is 5.92. The maximum absolute atomic E-state index is 12.2. The Kier molecular flexibility index (Phi) is 6.04. The quantitative estimate of drug-likeness (QED) is 0.796. The molecule has 2 heterocycles. The van der Waals surface area contributed by atoms with Crippen molar-refractivity contribution in [2.24, 2.45) is 5.92 Å². The minimum Gasteiger partial charge on any atom is -0.372 e. The van der Waals surface area contributed by atoms with Crippen LogP contribution >= 0.6 is 0 Å². The molecule has 1 aliphatic rings. The molecule has 0 unspecified atom stereocenters. The van der Waals surface area contributed by atoms with E-state index in [1.54, 1.807) is 6.07 Å². The highest BCUT2D eigenvalue weighted by atomic mass is 16.1. The summed E-state index contributed by atoms with van der Waals surface area (Å²) in [5, 5.41) is 6.14. The maximum Gasteiger partial charge on any atom is 0.270 e. The average Bonchev–Trinajstić information content (AvgIpc) is 3.17. The smallest absolute Gasteiger partial charge is 0.270 e. The summed E-state index contributed by atoms with van der Waals surface area (Å²) in [5.41, 5.74) is 2.57. The number of amides is 1. The molecule has 3 rings (SSSR count). The highest BCUT2D eigenvalue weighted by Crippen LogP contribution is 2.23. The molecular formula is C20H27N5O. The molecule has 1 aromatic heterocycles. The number of carbonyl (C=O) groups excluding carboxylic acids is 1. The molecule has 1 amide bonds. The lowest BCUT2D eigenvalue weighted by molar-refractivity contribution is 0.0947. The Hall–Kier alpha value is -2.63. The fourth-order valence-electron chi connectivity index (χ4n) is 2.99. The summed E-state index contributed by atoms with van der Waals surface area (Å²) in [6.45, 7) is 7.19. The van der Waals surface area contributed by atoms with Gasteiger partial charge in [-0.1, -0.05) is 13.8 Å². The minimum atomic E-state index is -0.166. The van der Waals surface area contributed by atoms with E-state index in [9.17, 15) is 4.79 Å². The Morgan fingerprint density at radius 1 is 1.15 bits per heavy atom. The number of hydrogen-bond donors (Lipinski definition) is 2. The van der Waals surface area contributed by atoms with E-state index in [1.807, 2.05) is 12.1 Å². The zero-order chi connectivity index (χ0) is 18.4. The highest BCUT2D eigenvalue weighted by Gasteiger charge is 2.12. The van der Waals surface area contributed by atoms with Crippen LogP contribution in [0.3, 0.4) is 0 Å². The van der Waals surface area contributed by atoms with Crippen molar-refractivity contribution in [3.05, 3.63) is 42.4 Å². The average molecular weight is 353 g/mol. The van der Waals surface area contributed by atoms with Crippen molar-refractivity contribution in [2.75, 3.05) is 29.9 Å². The number of nitrogens with one attached hydrogen (secondary N) is 2. The molecule has 0 atom stereocenters. The predicted octanol–water partition coefficient (Wildman–Crippen LogP) is 3.60. The molecule has 0 aliphatic carbocycles. The standard InChI is InChI=1S/C20H27N5O/c1-15(2)9-10-21-20(26)18-13-19(23-14-22-18)24-16-5-7-17(8-6-16)25-11-3-4-12-25/h5-8,13-15H,3-4,9-12H2,1-2H3,(H,21,26)(H,22,23,24). The van der Waals surface area contributed by atoms with Crippen LogP contribution in [0.1, 0.15) is 43.6 Å². The molecule has 0 spiro atoms. The van der Waals surface area contributed by atoms with E-state index in [1.165, 1.54) is 24.9 Å². The van der Waals surface area contributed by atoms with E-state index < -0.39 is 0 Å². The summed E-state index contributed by atoms with van der Waals surface area (Å²) in [4.78, 5) is 22.9. The van der Waals surface area contributed by atoms with Gasteiger partial charge in [0, 0.05) is 37.1 Å². The number of benzene rings is 1. The van der Waals surface area contributed by atoms with Crippen molar-refractivity contribution in [3.8, 4) is 0 Å². The third-order valence-corrected chi connectivity index (χ3v) is 4.52. The molecule has 138 valence electrons. The number of nitrogens with zero attached hydrogens (tertiary/aromatic N) is 3. The molecule has 1 aromatic carbocycles. The summed E-state index contributed by atoms with van der Waals surface area (Å²) in [5.74, 6) is 1.00. The van der Waals surface area contributed by atoms with Crippen LogP contribution < -0.4 is 15.5 Å². The first-order valence-electron chi connectivity index (χ1n) is 9.34. The van der Waals surface area contributed by atoms with E-state index in [0.717, 1.165) is 25.2 Å². The van der Waals surface area contributed by atoms with E-state index in [-0.39, 0.29) is 5.91 Å². The molecule has 1 saturated heterocycles. The second-order valence-electron chi connectivity index (χ2n) is 7.09. The van der Waals surface area contributed by atoms with Gasteiger partial charge in [0.2, 0.25) is 0 Å². The summed E-state index contributed by atoms with van der Waals surface area (Å²) in [6.07, 6.45) is 4.90. The van der Waals surface area contributed by atoms with Crippen LogP contribution in [-0.4, -0.2) is 35.5 Å². The van der Waals surface area contributed by atoms with Crippen LogP contribution in [0, 0.1) is 5.92 Å². The molecular weight excluding hydrogens is 326 g/mol. The van der Waals surface area contributed by atoms with Crippen molar-refractivity contribution in [1.29, 1.82) is 0 Å². The summed E-state index contributed by atoms with van der Waals surface area (Å²) < 4.78 is 0. The molecule has 6 heteroatoms. The molecule has 6 nitrogen and oxygen atoms in total. The summed E-state index contributed by atoms with van der Waals surface area (Å²) >= 11 is 0. The molecule has 2 N–H and O–H groups in total. The van der Waals surface area contributed by atoms with Gasteiger partial charge >= 0.3 is 0 Å². The van der Waals surface area contributed by atoms with Gasteiger partial charge in [0.05, 0.1) is 0 Å². The van der Waals surface area contributed by atoms with Crippen molar-refractivity contribution < 1.29 is 4.79 Å². The Balaban J connectivity index is 1.60. The van der Waals surface area contributed by atoms with Gasteiger partial charge in [-0.05, 0) is 49.4 Å². The maximum atomic E-state index is 12.2. The molecule has 26 heavy (non-hydrogen) atoms. The van der Waals surface area contributed by atoms with Gasteiger partial charge in [0.1, 0.15) is 17.8 Å². The number of anilines is 3. The number of hydrogen-bond acceptors (Lipinski definition) is 5. The third kappa shape index (κ3) is 4.94. The number of carbonyl (C=O) groups is 1. The second kappa shape index (κ2) is 8.65. The molecule has 0 saturated carbocycles. The fourth-order valence-corrected chi connectivity index (χ4v) is 2.99. The van der Waals surface area contributed by atoms with Crippen LogP contribution in [0.2, 0.25) is 0 Å². The van der Waals surface area contributed by atoms with Gasteiger partial charge < -0.3 is 15.5 Å². The minimum absolute atomic E-state index is 0.166. The Morgan fingerprint density at radius 2 is 1.88 bits per heavy atom. The van der Waals surface area contributed by atoms with E-state index in [2.05, 4.69) is 51.5 Å². The SMILES string of the molecule is CC(C)CCNC(=O)c1cc(Nc2ccc(N3CCCC3)cc2)ncn1. The zero-order valence-corrected chi connectivity index (χ0v) is 15.5. The topological polar surface area (TPSA) is 70.2 Å². The lowest BCUT2D eigenvalue weighted by Gasteiger charge is -2.17. The van der Waals surface area contributed by atoms with Gasteiger partial charge in [-0.25, -0.2) is 9.97 Å². The first kappa shape index (κ1) is 18.2. The van der Waals surface area contributed by atoms with Crippen molar-refractivity contribution in [2.45, 2.75) is 33.1 Å². The molecule has 0 bridgehead atoms. The Morgan fingerprint density at radius 3 is 2.58 bits per heavy atom. The molecule has 1 fully saturated rings. The lowest BCUT2D eigenvalue weighted by Crippen LogP contribution is -2.26. The van der Waals surface area contributed by atoms with Crippen LogP contribution in [0.4, 0.5) is 17.2 Å². The van der Waals surface area contributed by atoms with Gasteiger partial charge in [-0.15, -0.1) is 0 Å². The number of aromatic nitrogens is 2. The van der Waals surface area contributed by atoms with E-state index >= 15 is 0 Å². The van der Waals surface area contributed by atoms with Crippen LogP contribution in [-0.2, 0) is 0 Å². The Bertz CT molecular complexity index is 723. The van der Waals surface area contributed by atoms with Crippen molar-refractivity contribution >= 4 is 23.1 Å². The first-order valence-corrected chi connectivity index (χ1v) is 9.34. The first-order chi connectivity index (χ1) is 12.6. The Labute approximate surface area is 155 Å². The van der Waals surface area contributed by atoms with E-state index in [0.29, 0.717) is 24.0 Å². The number of rotatable bonds is 7. The van der Waals surface area contributed by atoms with Crippen LogP contribution in [0.5, 0.6) is 0 Å².